The predicted octanol–water partition coefficient (Wildman–Crippen LogP) is 1.62. The van der Waals surface area contributed by atoms with Crippen molar-refractivity contribution in [2.24, 2.45) is 0 Å². The summed E-state index contributed by atoms with van der Waals surface area (Å²) in [5.74, 6) is 1.44. The summed E-state index contributed by atoms with van der Waals surface area (Å²) in [6.07, 6.45) is 3.31. The van der Waals surface area contributed by atoms with Crippen LogP contribution >= 0.6 is 0 Å². The third-order valence-corrected chi connectivity index (χ3v) is 2.75. The number of allylic oxidation sites excluding steroid dienone is 1. The molecule has 1 atom stereocenters. The molecule has 1 aromatic rings. The number of ether oxygens (including phenoxy) is 3. The fourth-order valence-corrected chi connectivity index (χ4v) is 1.67. The SMILES string of the molecule is C/C=C/COC[C@H](O)CNCCOc1ccccc1OC. The van der Waals surface area contributed by atoms with E-state index in [2.05, 4.69) is 5.32 Å². The van der Waals surface area contributed by atoms with Gasteiger partial charge in [-0.1, -0.05) is 24.3 Å². The highest BCUT2D eigenvalue weighted by atomic mass is 16.5. The Morgan fingerprint density at radius 1 is 1.29 bits per heavy atom. The lowest BCUT2D eigenvalue weighted by Gasteiger charge is -2.13. The zero-order chi connectivity index (χ0) is 15.3. The van der Waals surface area contributed by atoms with Crippen molar-refractivity contribution in [3.63, 3.8) is 0 Å². The lowest BCUT2D eigenvalue weighted by Crippen LogP contribution is -2.32. The van der Waals surface area contributed by atoms with Crippen molar-refractivity contribution in [2.45, 2.75) is 13.0 Å². The summed E-state index contributed by atoms with van der Waals surface area (Å²) in [7, 11) is 1.62. The Hall–Kier alpha value is -1.56. The highest BCUT2D eigenvalue weighted by Crippen LogP contribution is 2.25. The first kappa shape index (κ1) is 17.5. The first-order valence-electron chi connectivity index (χ1n) is 7.11. The molecule has 0 saturated carbocycles. The van der Waals surface area contributed by atoms with Gasteiger partial charge in [0.1, 0.15) is 6.61 Å². The van der Waals surface area contributed by atoms with Crippen LogP contribution in [0, 0.1) is 0 Å². The third kappa shape index (κ3) is 7.70. The zero-order valence-corrected chi connectivity index (χ0v) is 12.7. The van der Waals surface area contributed by atoms with Gasteiger partial charge in [-0.25, -0.2) is 0 Å². The Labute approximate surface area is 126 Å². The molecule has 0 saturated heterocycles. The Morgan fingerprint density at radius 2 is 2.05 bits per heavy atom. The lowest BCUT2D eigenvalue weighted by molar-refractivity contribution is 0.0490. The molecule has 0 bridgehead atoms. The van der Waals surface area contributed by atoms with Crippen molar-refractivity contribution < 1.29 is 19.3 Å². The van der Waals surface area contributed by atoms with Crippen molar-refractivity contribution in [1.82, 2.24) is 5.32 Å². The number of nitrogens with one attached hydrogen (secondary N) is 1. The second-order valence-electron chi connectivity index (χ2n) is 4.46. The van der Waals surface area contributed by atoms with Crippen LogP contribution in [0.4, 0.5) is 0 Å². The standard InChI is InChI=1S/C16H25NO4/c1-3-4-10-20-13-14(18)12-17-9-11-21-16-8-6-5-7-15(16)19-2/h3-8,14,17-18H,9-13H2,1-2H3/b4-3+/t14-/m1/s1. The van der Waals surface area contributed by atoms with E-state index in [-0.39, 0.29) is 0 Å². The Morgan fingerprint density at radius 3 is 2.76 bits per heavy atom. The van der Waals surface area contributed by atoms with E-state index in [1.54, 1.807) is 7.11 Å². The molecule has 0 fully saturated rings. The molecule has 0 aromatic heterocycles. The van der Waals surface area contributed by atoms with Gasteiger partial charge in [-0.2, -0.15) is 0 Å². The maximum absolute atomic E-state index is 9.67. The van der Waals surface area contributed by atoms with Gasteiger partial charge >= 0.3 is 0 Å². The van der Waals surface area contributed by atoms with E-state index in [0.29, 0.717) is 32.9 Å². The largest absolute Gasteiger partial charge is 0.493 e. The highest BCUT2D eigenvalue weighted by Gasteiger charge is 2.04. The number of hydrogen-bond acceptors (Lipinski definition) is 5. The zero-order valence-electron chi connectivity index (χ0n) is 12.7. The molecular formula is C16H25NO4. The first-order valence-corrected chi connectivity index (χ1v) is 7.11. The maximum Gasteiger partial charge on any atom is 0.161 e. The van der Waals surface area contributed by atoms with Crippen LogP contribution < -0.4 is 14.8 Å². The Kier molecular flexibility index (Phi) is 9.28. The van der Waals surface area contributed by atoms with E-state index in [4.69, 9.17) is 14.2 Å². The van der Waals surface area contributed by atoms with Crippen LogP contribution in [0.15, 0.2) is 36.4 Å². The van der Waals surface area contributed by atoms with Crippen molar-refractivity contribution >= 4 is 0 Å². The van der Waals surface area contributed by atoms with Crippen molar-refractivity contribution in [3.8, 4) is 11.5 Å². The maximum atomic E-state index is 9.67. The highest BCUT2D eigenvalue weighted by molar-refractivity contribution is 5.39. The molecule has 0 aliphatic heterocycles. The number of aliphatic hydroxyl groups excluding tert-OH is 1. The van der Waals surface area contributed by atoms with Gasteiger partial charge in [-0.3, -0.25) is 0 Å². The topological polar surface area (TPSA) is 60.0 Å². The third-order valence-electron chi connectivity index (χ3n) is 2.75. The van der Waals surface area contributed by atoms with Gasteiger partial charge in [0.25, 0.3) is 0 Å². The number of aliphatic hydroxyl groups is 1. The summed E-state index contributed by atoms with van der Waals surface area (Å²) in [6, 6.07) is 7.52. The van der Waals surface area contributed by atoms with Crippen LogP contribution in [0.25, 0.3) is 0 Å². The summed E-state index contributed by atoms with van der Waals surface area (Å²) >= 11 is 0. The summed E-state index contributed by atoms with van der Waals surface area (Å²) in [6.45, 7) is 4.42. The molecule has 0 amide bonds. The van der Waals surface area contributed by atoms with Gasteiger partial charge in [-0.05, 0) is 19.1 Å². The monoisotopic (exact) mass is 295 g/mol. The normalized spacial score (nSPS) is 12.5. The molecule has 0 spiro atoms. The molecule has 5 heteroatoms. The van der Waals surface area contributed by atoms with Crippen LogP contribution in [0.1, 0.15) is 6.92 Å². The molecule has 21 heavy (non-hydrogen) atoms. The second-order valence-corrected chi connectivity index (χ2v) is 4.46. The molecule has 0 heterocycles. The van der Waals surface area contributed by atoms with Crippen LogP contribution in [-0.4, -0.2) is 51.2 Å². The van der Waals surface area contributed by atoms with Crippen LogP contribution in [0.3, 0.4) is 0 Å². The van der Waals surface area contributed by atoms with Crippen molar-refractivity contribution in [2.75, 3.05) is 40.0 Å². The summed E-state index contributed by atoms with van der Waals surface area (Å²) in [5, 5.41) is 12.8. The van der Waals surface area contributed by atoms with Gasteiger partial charge in [0.05, 0.1) is 26.4 Å². The average molecular weight is 295 g/mol. The van der Waals surface area contributed by atoms with Crippen molar-refractivity contribution in [1.29, 1.82) is 0 Å². The average Bonchev–Trinajstić information content (AvgIpc) is 2.51. The molecule has 0 aliphatic carbocycles. The Balaban J connectivity index is 2.08. The van der Waals surface area contributed by atoms with E-state index in [1.807, 2.05) is 43.3 Å². The van der Waals surface area contributed by atoms with E-state index in [9.17, 15) is 5.11 Å². The molecule has 118 valence electrons. The Bertz CT molecular complexity index is 409. The molecule has 2 N–H and O–H groups in total. The second kappa shape index (κ2) is 11.1. The molecular weight excluding hydrogens is 270 g/mol. The van der Waals surface area contributed by atoms with Gasteiger partial charge in [-0.15, -0.1) is 0 Å². The minimum Gasteiger partial charge on any atom is -0.493 e. The quantitative estimate of drug-likeness (QED) is 0.480. The minimum atomic E-state index is -0.512. The fraction of sp³-hybridized carbons (Fsp3) is 0.500. The summed E-state index contributed by atoms with van der Waals surface area (Å²) in [4.78, 5) is 0. The molecule has 1 aromatic carbocycles. The number of rotatable bonds is 11. The van der Waals surface area contributed by atoms with E-state index < -0.39 is 6.10 Å². The molecule has 5 nitrogen and oxygen atoms in total. The van der Waals surface area contributed by atoms with Gasteiger partial charge in [0.15, 0.2) is 11.5 Å². The van der Waals surface area contributed by atoms with Crippen LogP contribution in [0.5, 0.6) is 11.5 Å². The molecule has 0 unspecified atom stereocenters. The predicted molar refractivity (Wildman–Crippen MR) is 83.0 cm³/mol. The van der Waals surface area contributed by atoms with E-state index in [0.717, 1.165) is 11.5 Å². The van der Waals surface area contributed by atoms with Gasteiger partial charge in [0, 0.05) is 13.1 Å². The van der Waals surface area contributed by atoms with Gasteiger partial charge in [0.2, 0.25) is 0 Å². The smallest absolute Gasteiger partial charge is 0.161 e. The van der Waals surface area contributed by atoms with Gasteiger partial charge < -0.3 is 24.6 Å². The first-order chi connectivity index (χ1) is 10.3. The lowest BCUT2D eigenvalue weighted by atomic mass is 10.3. The van der Waals surface area contributed by atoms with Crippen molar-refractivity contribution in [3.05, 3.63) is 36.4 Å². The molecule has 1 rings (SSSR count). The summed E-state index contributed by atoms with van der Waals surface area (Å²) < 4.78 is 16.1. The van der Waals surface area contributed by atoms with E-state index >= 15 is 0 Å². The fourth-order valence-electron chi connectivity index (χ4n) is 1.67. The number of benzene rings is 1. The van der Waals surface area contributed by atoms with Crippen LogP contribution in [0.2, 0.25) is 0 Å². The molecule has 0 radical (unpaired) electrons. The number of para-hydroxylation sites is 2. The minimum absolute atomic E-state index is 0.324. The van der Waals surface area contributed by atoms with Crippen LogP contribution in [-0.2, 0) is 4.74 Å². The number of hydrogen-bond donors (Lipinski definition) is 2. The molecule has 0 aliphatic rings. The van der Waals surface area contributed by atoms with E-state index in [1.165, 1.54) is 0 Å². The summed E-state index contributed by atoms with van der Waals surface area (Å²) in [5.41, 5.74) is 0. The number of methoxy groups -OCH3 is 1.